The van der Waals surface area contributed by atoms with E-state index in [0.717, 1.165) is 0 Å². The van der Waals surface area contributed by atoms with E-state index in [9.17, 15) is 13.5 Å². The van der Waals surface area contributed by atoms with Gasteiger partial charge in [-0.25, -0.2) is 13.4 Å². The lowest BCUT2D eigenvalue weighted by Crippen LogP contribution is -2.52. The summed E-state index contributed by atoms with van der Waals surface area (Å²) in [4.78, 5) is 5.93. The summed E-state index contributed by atoms with van der Waals surface area (Å²) >= 11 is 0. The summed E-state index contributed by atoms with van der Waals surface area (Å²) in [6.07, 6.45) is -0.430. The van der Waals surface area contributed by atoms with Crippen LogP contribution in [0.2, 0.25) is 0 Å². The van der Waals surface area contributed by atoms with Gasteiger partial charge in [-0.2, -0.15) is 0 Å². The highest BCUT2D eigenvalue weighted by molar-refractivity contribution is 7.90. The molecule has 1 atom stereocenters. The first-order chi connectivity index (χ1) is 7.81. The van der Waals surface area contributed by atoms with E-state index in [1.54, 1.807) is 20.8 Å². The van der Waals surface area contributed by atoms with Gasteiger partial charge in [-0.05, 0) is 20.8 Å². The average Bonchev–Trinajstić information content (AvgIpc) is 2.19. The molecule has 0 bridgehead atoms. The van der Waals surface area contributed by atoms with Crippen LogP contribution in [-0.2, 0) is 10.0 Å². The lowest BCUT2D eigenvalue weighted by molar-refractivity contribution is 0.123. The lowest BCUT2D eigenvalue weighted by atomic mass is 10.4. The Labute approximate surface area is 102 Å². The summed E-state index contributed by atoms with van der Waals surface area (Å²) in [5.74, 6) is 0.264. The number of hydrogen-bond donors (Lipinski definition) is 3. The Balaban J connectivity index is 2.52. The Morgan fingerprint density at radius 3 is 2.59 bits per heavy atom. The van der Waals surface area contributed by atoms with E-state index in [1.165, 1.54) is 0 Å². The molecule has 1 rings (SSSR count). The summed E-state index contributed by atoms with van der Waals surface area (Å²) in [5, 5.41) is 11.6. The van der Waals surface area contributed by atoms with E-state index in [1.807, 2.05) is 4.90 Å². The van der Waals surface area contributed by atoms with Gasteiger partial charge in [0, 0.05) is 6.54 Å². The minimum Gasteiger partial charge on any atom is -0.392 e. The summed E-state index contributed by atoms with van der Waals surface area (Å²) in [6.45, 7) is 6.23. The van der Waals surface area contributed by atoms with Crippen LogP contribution in [0, 0.1) is 0 Å². The van der Waals surface area contributed by atoms with Gasteiger partial charge in [0.2, 0.25) is 16.0 Å². The van der Waals surface area contributed by atoms with Crippen molar-refractivity contribution in [3.05, 3.63) is 0 Å². The van der Waals surface area contributed by atoms with Crippen LogP contribution in [0.1, 0.15) is 20.8 Å². The maximum atomic E-state index is 11.6. The third-order valence-electron chi connectivity index (χ3n) is 2.28. The number of aliphatic hydroxyl groups is 1. The van der Waals surface area contributed by atoms with Gasteiger partial charge in [0.15, 0.2) is 0 Å². The van der Waals surface area contributed by atoms with Crippen LogP contribution in [0.15, 0.2) is 4.99 Å². The molecule has 3 N–H and O–H groups in total. The molecule has 0 fully saturated rings. The van der Waals surface area contributed by atoms with Crippen LogP contribution in [0.25, 0.3) is 0 Å². The van der Waals surface area contributed by atoms with Crippen LogP contribution in [0.5, 0.6) is 0 Å². The van der Waals surface area contributed by atoms with Gasteiger partial charge in [-0.15, -0.1) is 0 Å². The average molecular weight is 264 g/mol. The normalized spacial score (nSPS) is 19.7. The Morgan fingerprint density at radius 1 is 1.53 bits per heavy atom. The van der Waals surface area contributed by atoms with Crippen molar-refractivity contribution in [3.8, 4) is 0 Å². The van der Waals surface area contributed by atoms with Gasteiger partial charge in [0.05, 0.1) is 24.7 Å². The standard InChI is InChI=1S/C9H20N4O3S/c1-7(2)17(15,16)12-9-10-5-13(6-11-9)4-8(3)14/h7-8,14H,4-6H2,1-3H3,(H2,10,11,12). The molecule has 8 heteroatoms. The molecule has 0 amide bonds. The fraction of sp³-hybridized carbons (Fsp3) is 0.889. The van der Waals surface area contributed by atoms with E-state index in [2.05, 4.69) is 15.0 Å². The maximum absolute atomic E-state index is 11.6. The second-order valence-electron chi connectivity index (χ2n) is 4.38. The van der Waals surface area contributed by atoms with Crippen molar-refractivity contribution in [2.45, 2.75) is 32.1 Å². The Morgan fingerprint density at radius 2 is 2.18 bits per heavy atom. The highest BCUT2D eigenvalue weighted by Gasteiger charge is 2.20. The van der Waals surface area contributed by atoms with E-state index >= 15 is 0 Å². The second-order valence-corrected chi connectivity index (χ2v) is 6.62. The Hall–Kier alpha value is -0.860. The molecule has 100 valence electrons. The van der Waals surface area contributed by atoms with Crippen molar-refractivity contribution in [2.24, 2.45) is 4.99 Å². The third kappa shape index (κ3) is 4.49. The van der Waals surface area contributed by atoms with Gasteiger partial charge in [0.25, 0.3) is 0 Å². The van der Waals surface area contributed by atoms with Crippen LogP contribution >= 0.6 is 0 Å². The number of hydrogen-bond acceptors (Lipinski definition) is 6. The quantitative estimate of drug-likeness (QED) is 0.597. The number of nitrogens with zero attached hydrogens (tertiary/aromatic N) is 2. The SMILES string of the molecule is CC(O)CN1CN=C(NS(=O)(=O)C(C)C)NC1. The van der Waals surface area contributed by atoms with Crippen molar-refractivity contribution >= 4 is 16.0 Å². The third-order valence-corrected chi connectivity index (χ3v) is 4.00. The molecule has 1 heterocycles. The van der Waals surface area contributed by atoms with E-state index in [4.69, 9.17) is 0 Å². The fourth-order valence-corrected chi connectivity index (χ4v) is 1.92. The first-order valence-electron chi connectivity index (χ1n) is 5.51. The molecule has 1 unspecified atom stereocenters. The molecule has 0 aromatic rings. The van der Waals surface area contributed by atoms with E-state index in [0.29, 0.717) is 19.9 Å². The van der Waals surface area contributed by atoms with Gasteiger partial charge >= 0.3 is 0 Å². The largest absolute Gasteiger partial charge is 0.392 e. The van der Waals surface area contributed by atoms with Crippen LogP contribution in [-0.4, -0.2) is 55.6 Å². The lowest BCUT2D eigenvalue weighted by Gasteiger charge is -2.28. The Kier molecular flexibility index (Phi) is 4.72. The minimum absolute atomic E-state index is 0.264. The number of nitrogens with one attached hydrogen (secondary N) is 2. The Bertz CT molecular complexity index is 378. The van der Waals surface area contributed by atoms with Gasteiger partial charge in [-0.3, -0.25) is 9.62 Å². The van der Waals surface area contributed by atoms with Crippen LogP contribution in [0.4, 0.5) is 0 Å². The molecule has 1 aliphatic heterocycles. The van der Waals surface area contributed by atoms with E-state index < -0.39 is 21.4 Å². The molecular formula is C9H20N4O3S. The highest BCUT2D eigenvalue weighted by Crippen LogP contribution is 1.99. The van der Waals surface area contributed by atoms with Crippen molar-refractivity contribution in [1.29, 1.82) is 0 Å². The monoisotopic (exact) mass is 264 g/mol. The number of aliphatic imine (C=N–C) groups is 1. The molecule has 0 aromatic heterocycles. The number of rotatable bonds is 4. The molecular weight excluding hydrogens is 244 g/mol. The minimum atomic E-state index is -3.35. The van der Waals surface area contributed by atoms with Crippen LogP contribution in [0.3, 0.4) is 0 Å². The summed E-state index contributed by atoms with van der Waals surface area (Å²) in [6, 6.07) is 0. The molecule has 0 aliphatic carbocycles. The predicted octanol–water partition coefficient (Wildman–Crippen LogP) is -1.13. The molecule has 0 spiro atoms. The number of β-amino-alcohol motifs (C(OH)–C–C–N with tert-alkyl or cyclic N) is 1. The first kappa shape index (κ1) is 14.2. The van der Waals surface area contributed by atoms with Crippen LogP contribution < -0.4 is 10.0 Å². The highest BCUT2D eigenvalue weighted by atomic mass is 32.2. The van der Waals surface area contributed by atoms with Gasteiger partial charge in [-0.1, -0.05) is 0 Å². The summed E-state index contributed by atoms with van der Waals surface area (Å²) < 4.78 is 25.5. The number of aliphatic hydroxyl groups excluding tert-OH is 1. The van der Waals surface area contributed by atoms with Crippen molar-refractivity contribution in [2.75, 3.05) is 19.9 Å². The van der Waals surface area contributed by atoms with Gasteiger partial charge in [0.1, 0.15) is 0 Å². The van der Waals surface area contributed by atoms with Gasteiger partial charge < -0.3 is 10.4 Å². The first-order valence-corrected chi connectivity index (χ1v) is 7.06. The summed E-state index contributed by atoms with van der Waals surface area (Å²) in [7, 11) is -3.35. The smallest absolute Gasteiger partial charge is 0.237 e. The topological polar surface area (TPSA) is 94.0 Å². The fourth-order valence-electron chi connectivity index (χ4n) is 1.28. The molecule has 0 saturated carbocycles. The molecule has 7 nitrogen and oxygen atoms in total. The predicted molar refractivity (Wildman–Crippen MR) is 65.9 cm³/mol. The number of guanidine groups is 1. The van der Waals surface area contributed by atoms with Crippen molar-refractivity contribution in [3.63, 3.8) is 0 Å². The zero-order valence-corrected chi connectivity index (χ0v) is 11.2. The molecule has 1 aliphatic rings. The molecule has 17 heavy (non-hydrogen) atoms. The summed E-state index contributed by atoms with van der Waals surface area (Å²) in [5.41, 5.74) is 0. The molecule has 0 radical (unpaired) electrons. The number of sulfonamides is 1. The zero-order valence-electron chi connectivity index (χ0n) is 10.3. The maximum Gasteiger partial charge on any atom is 0.237 e. The van der Waals surface area contributed by atoms with Crippen molar-refractivity contribution < 1.29 is 13.5 Å². The molecule has 0 aromatic carbocycles. The van der Waals surface area contributed by atoms with Crippen molar-refractivity contribution in [1.82, 2.24) is 14.9 Å². The molecule has 0 saturated heterocycles. The second kappa shape index (κ2) is 5.65. The van der Waals surface area contributed by atoms with E-state index in [-0.39, 0.29) is 5.96 Å². The zero-order chi connectivity index (χ0) is 13.1.